The molecule has 2 saturated heterocycles. The van der Waals surface area contributed by atoms with Gasteiger partial charge in [-0.2, -0.15) is 0 Å². The minimum absolute atomic E-state index is 0.0101. The van der Waals surface area contributed by atoms with Gasteiger partial charge in [-0.05, 0) is 43.9 Å². The quantitative estimate of drug-likeness (QED) is 0.761. The maximum atomic E-state index is 13.4. The molecule has 0 bridgehead atoms. The van der Waals surface area contributed by atoms with E-state index in [0.29, 0.717) is 49.2 Å². The van der Waals surface area contributed by atoms with E-state index in [1.165, 1.54) is 0 Å². The highest BCUT2D eigenvalue weighted by atomic mass is 35.5. The van der Waals surface area contributed by atoms with Gasteiger partial charge in [0.2, 0.25) is 5.91 Å². The largest absolute Gasteiger partial charge is 0.380 e. The van der Waals surface area contributed by atoms with Crippen LogP contribution in [-0.4, -0.2) is 70.2 Å². The number of carbonyl (C=O) groups excluding carboxylic acids is 2. The van der Waals surface area contributed by atoms with Gasteiger partial charge >= 0.3 is 0 Å². The lowest BCUT2D eigenvalue weighted by Gasteiger charge is -2.60. The Kier molecular flexibility index (Phi) is 5.81. The standard InChI is InChI=1S/C22H28Cl2N2O4/c1-14-12-30-13-18-21(14,2)26(9-8-25(18)20(28)22(29)6-3-7-22)19(27)11-15-4-5-16(23)17(24)10-15/h4-5,10,14,18,29H,3,6-9,11-13H2,1-2H3. The van der Waals surface area contributed by atoms with Gasteiger partial charge in [0, 0.05) is 19.0 Å². The molecule has 3 fully saturated rings. The molecular weight excluding hydrogens is 427 g/mol. The van der Waals surface area contributed by atoms with E-state index in [1.807, 2.05) is 17.9 Å². The lowest BCUT2D eigenvalue weighted by Crippen LogP contribution is -2.76. The molecule has 1 aromatic carbocycles. The van der Waals surface area contributed by atoms with Crippen molar-refractivity contribution < 1.29 is 19.4 Å². The van der Waals surface area contributed by atoms with Crippen LogP contribution in [0.5, 0.6) is 0 Å². The Balaban J connectivity index is 1.59. The molecule has 1 aromatic rings. The summed E-state index contributed by atoms with van der Waals surface area (Å²) in [6.45, 7) is 5.80. The van der Waals surface area contributed by atoms with Gasteiger partial charge in [0.15, 0.2) is 0 Å². The van der Waals surface area contributed by atoms with Crippen LogP contribution in [0.15, 0.2) is 18.2 Å². The zero-order valence-electron chi connectivity index (χ0n) is 17.4. The summed E-state index contributed by atoms with van der Waals surface area (Å²) in [5.41, 5.74) is -1.02. The first-order valence-electron chi connectivity index (χ1n) is 10.5. The molecule has 0 spiro atoms. The topological polar surface area (TPSA) is 70.1 Å². The Bertz CT molecular complexity index is 860. The first kappa shape index (κ1) is 21.9. The van der Waals surface area contributed by atoms with E-state index in [-0.39, 0.29) is 30.2 Å². The fourth-order valence-electron chi connectivity index (χ4n) is 5.03. The van der Waals surface area contributed by atoms with Crippen molar-refractivity contribution in [2.24, 2.45) is 5.92 Å². The van der Waals surface area contributed by atoms with Crippen molar-refractivity contribution in [2.45, 2.75) is 56.7 Å². The van der Waals surface area contributed by atoms with E-state index in [0.717, 1.165) is 12.0 Å². The number of nitrogens with zero attached hydrogens (tertiary/aromatic N) is 2. The fraction of sp³-hybridized carbons (Fsp3) is 0.636. The predicted octanol–water partition coefficient (Wildman–Crippen LogP) is 2.92. The number of fused-ring (bicyclic) bond motifs is 1. The summed E-state index contributed by atoms with van der Waals surface area (Å²) in [4.78, 5) is 30.2. The summed E-state index contributed by atoms with van der Waals surface area (Å²) >= 11 is 12.1. The summed E-state index contributed by atoms with van der Waals surface area (Å²) in [5, 5.41) is 11.5. The van der Waals surface area contributed by atoms with Gasteiger partial charge in [-0.15, -0.1) is 0 Å². The molecule has 0 aromatic heterocycles. The number of carbonyl (C=O) groups is 2. The molecular formula is C22H28Cl2N2O4. The molecule has 8 heteroatoms. The van der Waals surface area contributed by atoms with E-state index < -0.39 is 11.1 Å². The first-order valence-corrected chi connectivity index (χ1v) is 11.3. The van der Waals surface area contributed by atoms with Crippen LogP contribution in [0.2, 0.25) is 10.0 Å². The third-order valence-electron chi connectivity index (χ3n) is 7.32. The number of hydrogen-bond acceptors (Lipinski definition) is 4. The van der Waals surface area contributed by atoms with Crippen LogP contribution in [0.1, 0.15) is 38.7 Å². The van der Waals surface area contributed by atoms with E-state index in [1.54, 1.807) is 17.0 Å². The van der Waals surface area contributed by atoms with Crippen LogP contribution >= 0.6 is 23.2 Å². The van der Waals surface area contributed by atoms with Gasteiger partial charge < -0.3 is 19.6 Å². The highest BCUT2D eigenvalue weighted by Gasteiger charge is 2.57. The van der Waals surface area contributed by atoms with Gasteiger partial charge in [-0.25, -0.2) is 0 Å². The lowest BCUT2D eigenvalue weighted by molar-refractivity contribution is -0.192. The van der Waals surface area contributed by atoms with E-state index in [4.69, 9.17) is 27.9 Å². The van der Waals surface area contributed by atoms with Crippen molar-refractivity contribution in [2.75, 3.05) is 26.3 Å². The monoisotopic (exact) mass is 454 g/mol. The average Bonchev–Trinajstić information content (AvgIpc) is 2.68. The maximum Gasteiger partial charge on any atom is 0.255 e. The van der Waals surface area contributed by atoms with Crippen molar-refractivity contribution >= 4 is 35.0 Å². The lowest BCUT2D eigenvalue weighted by atomic mass is 9.73. The van der Waals surface area contributed by atoms with Crippen LogP contribution in [0.3, 0.4) is 0 Å². The third-order valence-corrected chi connectivity index (χ3v) is 8.06. The van der Waals surface area contributed by atoms with Crippen molar-refractivity contribution in [3.8, 4) is 0 Å². The smallest absolute Gasteiger partial charge is 0.255 e. The van der Waals surface area contributed by atoms with E-state index >= 15 is 0 Å². The van der Waals surface area contributed by atoms with Crippen molar-refractivity contribution in [1.29, 1.82) is 0 Å². The van der Waals surface area contributed by atoms with Crippen molar-refractivity contribution in [3.63, 3.8) is 0 Å². The number of rotatable bonds is 3. The van der Waals surface area contributed by atoms with E-state index in [2.05, 4.69) is 6.92 Å². The molecule has 2 aliphatic heterocycles. The molecule has 1 N–H and O–H groups in total. The highest BCUT2D eigenvalue weighted by molar-refractivity contribution is 6.42. The zero-order valence-corrected chi connectivity index (χ0v) is 18.9. The Morgan fingerprint density at radius 3 is 2.57 bits per heavy atom. The molecule has 2 amide bonds. The molecule has 6 nitrogen and oxygen atoms in total. The molecule has 1 aliphatic carbocycles. The number of ether oxygens (including phenoxy) is 1. The SMILES string of the molecule is CC1COCC2N(C(=O)C3(O)CCC3)CCN(C(=O)Cc3ccc(Cl)c(Cl)c3)C12C. The van der Waals surface area contributed by atoms with E-state index in [9.17, 15) is 14.7 Å². The molecule has 4 rings (SSSR count). The number of hydrogen-bond donors (Lipinski definition) is 1. The maximum absolute atomic E-state index is 13.4. The predicted molar refractivity (Wildman–Crippen MR) is 115 cm³/mol. The summed E-state index contributed by atoms with van der Waals surface area (Å²) in [7, 11) is 0. The molecule has 0 radical (unpaired) electrons. The molecule has 2 heterocycles. The minimum atomic E-state index is -1.26. The fourth-order valence-corrected chi connectivity index (χ4v) is 5.35. The summed E-state index contributed by atoms with van der Waals surface area (Å²) in [6.07, 6.45) is 2.08. The number of amides is 2. The normalized spacial score (nSPS) is 30.4. The van der Waals surface area contributed by atoms with Crippen LogP contribution in [-0.2, 0) is 20.7 Å². The number of aliphatic hydroxyl groups is 1. The average molecular weight is 455 g/mol. The minimum Gasteiger partial charge on any atom is -0.380 e. The number of piperazine rings is 1. The van der Waals surface area contributed by atoms with Gasteiger partial charge in [-0.3, -0.25) is 9.59 Å². The highest BCUT2D eigenvalue weighted by Crippen LogP contribution is 2.42. The van der Waals surface area contributed by atoms with Crippen LogP contribution in [0, 0.1) is 5.92 Å². The molecule has 3 aliphatic rings. The number of benzene rings is 1. The number of halogens is 2. The van der Waals surface area contributed by atoms with Gasteiger partial charge in [-0.1, -0.05) is 36.2 Å². The first-order chi connectivity index (χ1) is 14.2. The summed E-state index contributed by atoms with van der Waals surface area (Å²) in [6, 6.07) is 4.95. The second-order valence-electron chi connectivity index (χ2n) is 9.03. The second kappa shape index (κ2) is 7.97. The van der Waals surface area contributed by atoms with Crippen LogP contribution in [0.25, 0.3) is 0 Å². The van der Waals surface area contributed by atoms with Crippen molar-refractivity contribution in [1.82, 2.24) is 9.80 Å². The zero-order chi connectivity index (χ0) is 21.7. The summed E-state index contributed by atoms with van der Waals surface area (Å²) < 4.78 is 5.79. The van der Waals surface area contributed by atoms with Crippen LogP contribution < -0.4 is 0 Å². The molecule has 1 saturated carbocycles. The van der Waals surface area contributed by atoms with Gasteiger partial charge in [0.1, 0.15) is 5.60 Å². The molecule has 164 valence electrons. The summed E-state index contributed by atoms with van der Waals surface area (Å²) in [5.74, 6) is -0.191. The molecule has 3 atom stereocenters. The Morgan fingerprint density at radius 2 is 1.93 bits per heavy atom. The Hall–Kier alpha value is -1.34. The van der Waals surface area contributed by atoms with Crippen LogP contribution in [0.4, 0.5) is 0 Å². The third kappa shape index (κ3) is 3.52. The second-order valence-corrected chi connectivity index (χ2v) is 9.85. The van der Waals surface area contributed by atoms with Gasteiger partial charge in [0.05, 0.1) is 41.3 Å². The Labute approximate surface area is 187 Å². The van der Waals surface area contributed by atoms with Crippen molar-refractivity contribution in [3.05, 3.63) is 33.8 Å². The Morgan fingerprint density at radius 1 is 1.20 bits per heavy atom. The van der Waals surface area contributed by atoms with Gasteiger partial charge in [0.25, 0.3) is 5.91 Å². The molecule has 30 heavy (non-hydrogen) atoms. The molecule has 3 unspecified atom stereocenters.